The summed E-state index contributed by atoms with van der Waals surface area (Å²) < 4.78 is 0. The molecule has 1 N–H and O–H groups in total. The molecule has 0 aliphatic carbocycles. The molecule has 2 aliphatic heterocycles. The van der Waals surface area contributed by atoms with Crippen LogP contribution in [0.1, 0.15) is 0 Å². The van der Waals surface area contributed by atoms with Crippen molar-refractivity contribution >= 4 is 35.5 Å². The van der Waals surface area contributed by atoms with Crippen LogP contribution in [0, 0.1) is 0 Å². The maximum atomic E-state index is 4.93. The molecule has 0 amide bonds. The Hall–Kier alpha value is -1.10. The number of rotatable bonds is 0. The van der Waals surface area contributed by atoms with Gasteiger partial charge in [0.15, 0.2) is 0 Å². The van der Waals surface area contributed by atoms with E-state index >= 15 is 0 Å². The maximum absolute atomic E-state index is 4.93. The number of hydrogen-bond donors (Lipinski definition) is 1. The van der Waals surface area contributed by atoms with E-state index < -0.39 is 0 Å². The quantitative estimate of drug-likeness (QED) is 0.487. The molecule has 0 spiro atoms. The summed E-state index contributed by atoms with van der Waals surface area (Å²) in [6.45, 7) is 0. The number of hydrogen-bond acceptors (Lipinski definition) is 4. The van der Waals surface area contributed by atoms with Gasteiger partial charge in [-0.05, 0) is 0 Å². The summed E-state index contributed by atoms with van der Waals surface area (Å²) in [5.74, 6) is 0. The van der Waals surface area contributed by atoms with Gasteiger partial charge in [0.2, 0.25) is 0 Å². The zero-order valence-corrected chi connectivity index (χ0v) is 5.80. The summed E-state index contributed by atoms with van der Waals surface area (Å²) in [5.41, 5.74) is 0.748. The van der Waals surface area contributed by atoms with Crippen molar-refractivity contribution in [2.75, 3.05) is 0 Å². The first-order chi connectivity index (χ1) is 4.88. The van der Waals surface area contributed by atoms with Crippen LogP contribution in [-0.2, 0) is 0 Å². The summed E-state index contributed by atoms with van der Waals surface area (Å²) in [6, 6.07) is -0.0336. The predicted octanol–water partition coefficient (Wildman–Crippen LogP) is -0.246. The molecule has 1 unspecified atom stereocenters. The Bertz CT molecular complexity index is 265. The van der Waals surface area contributed by atoms with Crippen molar-refractivity contribution in [2.24, 2.45) is 15.2 Å². The number of nitrogens with zero attached hydrogens (tertiary/aromatic N) is 3. The Labute approximate surface area is 62.8 Å². The molecule has 1 atom stereocenters. The minimum Gasteiger partial charge on any atom is -0.336 e. The molecule has 0 aromatic carbocycles. The van der Waals surface area contributed by atoms with E-state index in [0.29, 0.717) is 4.99 Å². The van der Waals surface area contributed by atoms with E-state index in [1.807, 2.05) is 0 Å². The molecule has 2 rings (SSSR count). The van der Waals surface area contributed by atoms with Gasteiger partial charge in [0.1, 0.15) is 16.7 Å². The lowest BCUT2D eigenvalue weighted by atomic mass is 10.2. The van der Waals surface area contributed by atoms with E-state index in [1.54, 1.807) is 12.6 Å². The number of nitrogens with one attached hydrogen (secondary N) is 1. The van der Waals surface area contributed by atoms with Gasteiger partial charge in [0.05, 0.1) is 12.6 Å². The van der Waals surface area contributed by atoms with E-state index in [1.165, 1.54) is 0 Å². The van der Waals surface area contributed by atoms with Crippen LogP contribution in [0.3, 0.4) is 0 Å². The Morgan fingerprint density at radius 1 is 1.60 bits per heavy atom. The fourth-order valence-corrected chi connectivity index (χ4v) is 1.04. The molecular weight excluding hydrogens is 148 g/mol. The van der Waals surface area contributed by atoms with E-state index in [4.69, 9.17) is 12.2 Å². The Balaban J connectivity index is 2.41. The van der Waals surface area contributed by atoms with Crippen LogP contribution in [0.5, 0.6) is 0 Å². The van der Waals surface area contributed by atoms with Gasteiger partial charge in [-0.25, -0.2) is 0 Å². The lowest BCUT2D eigenvalue weighted by Gasteiger charge is -2.11. The van der Waals surface area contributed by atoms with Crippen LogP contribution >= 0.6 is 12.2 Å². The van der Waals surface area contributed by atoms with Crippen molar-refractivity contribution < 1.29 is 0 Å². The third kappa shape index (κ3) is 0.672. The summed E-state index contributed by atoms with van der Waals surface area (Å²) in [7, 11) is 0. The first-order valence-electron chi connectivity index (χ1n) is 2.81. The first-order valence-corrected chi connectivity index (χ1v) is 3.22. The number of aliphatic imine (C=N–C) groups is 1. The third-order valence-corrected chi connectivity index (χ3v) is 1.64. The molecule has 0 aromatic rings. The summed E-state index contributed by atoms with van der Waals surface area (Å²) >= 11 is 4.93. The lowest BCUT2D eigenvalue weighted by molar-refractivity contribution is 1.15. The second-order valence-corrected chi connectivity index (χ2v) is 2.35. The van der Waals surface area contributed by atoms with Crippen LogP contribution in [0.4, 0.5) is 0 Å². The van der Waals surface area contributed by atoms with Gasteiger partial charge in [-0.2, -0.15) is 10.2 Å². The molecule has 2 aliphatic rings. The molecular formula is C5H4N4S. The first kappa shape index (κ1) is 5.67. The molecule has 0 fully saturated rings. The minimum absolute atomic E-state index is 0.0336. The van der Waals surface area contributed by atoms with Gasteiger partial charge in [-0.15, -0.1) is 0 Å². The highest BCUT2D eigenvalue weighted by atomic mass is 32.1. The molecule has 5 heteroatoms. The van der Waals surface area contributed by atoms with E-state index in [9.17, 15) is 0 Å². The van der Waals surface area contributed by atoms with E-state index in [2.05, 4.69) is 20.5 Å². The van der Waals surface area contributed by atoms with E-state index in [0.717, 1.165) is 5.71 Å². The van der Waals surface area contributed by atoms with Crippen molar-refractivity contribution in [2.45, 2.75) is 6.04 Å². The molecule has 4 nitrogen and oxygen atoms in total. The molecule has 50 valence electrons. The van der Waals surface area contributed by atoms with Crippen LogP contribution in [0.2, 0.25) is 0 Å². The Kier molecular flexibility index (Phi) is 1.10. The molecule has 0 saturated heterocycles. The van der Waals surface area contributed by atoms with Crippen LogP contribution in [0.15, 0.2) is 15.2 Å². The minimum atomic E-state index is -0.0336. The maximum Gasteiger partial charge on any atom is 0.135 e. The Morgan fingerprint density at radius 2 is 2.50 bits per heavy atom. The van der Waals surface area contributed by atoms with Crippen LogP contribution < -0.4 is 5.32 Å². The topological polar surface area (TPSA) is 49.1 Å². The predicted molar refractivity (Wildman–Crippen MR) is 43.9 cm³/mol. The molecule has 2 heterocycles. The molecule has 0 bridgehead atoms. The number of thiocarbonyl (C=S) groups is 1. The van der Waals surface area contributed by atoms with Gasteiger partial charge in [-0.3, -0.25) is 4.99 Å². The van der Waals surface area contributed by atoms with Gasteiger partial charge in [0, 0.05) is 0 Å². The average Bonchev–Trinajstić information content (AvgIpc) is 2.36. The third-order valence-electron chi connectivity index (χ3n) is 1.32. The molecule has 10 heavy (non-hydrogen) atoms. The van der Waals surface area contributed by atoms with Gasteiger partial charge in [0.25, 0.3) is 0 Å². The van der Waals surface area contributed by atoms with E-state index in [-0.39, 0.29) is 6.04 Å². The summed E-state index contributed by atoms with van der Waals surface area (Å²) in [5, 5.41) is 10.3. The SMILES string of the molecule is S=C1NC=NC2C=NN=C12. The van der Waals surface area contributed by atoms with Crippen molar-refractivity contribution in [3.63, 3.8) is 0 Å². The number of fused-ring (bicyclic) bond motifs is 1. The molecule has 0 aromatic heterocycles. The second-order valence-electron chi connectivity index (χ2n) is 1.95. The average molecular weight is 152 g/mol. The summed E-state index contributed by atoms with van der Waals surface area (Å²) in [4.78, 5) is 4.66. The van der Waals surface area contributed by atoms with Gasteiger partial charge in [-0.1, -0.05) is 12.2 Å². The molecule has 0 radical (unpaired) electrons. The van der Waals surface area contributed by atoms with Gasteiger partial charge >= 0.3 is 0 Å². The fraction of sp³-hybridized carbons (Fsp3) is 0.200. The zero-order chi connectivity index (χ0) is 6.97. The lowest BCUT2D eigenvalue weighted by Crippen LogP contribution is -2.39. The van der Waals surface area contributed by atoms with Crippen molar-refractivity contribution in [3.8, 4) is 0 Å². The fourth-order valence-electron chi connectivity index (χ4n) is 0.827. The highest BCUT2D eigenvalue weighted by molar-refractivity contribution is 7.82. The summed E-state index contributed by atoms with van der Waals surface area (Å²) in [6.07, 6.45) is 3.24. The van der Waals surface area contributed by atoms with Crippen molar-refractivity contribution in [3.05, 3.63) is 0 Å². The van der Waals surface area contributed by atoms with Crippen molar-refractivity contribution in [1.29, 1.82) is 0 Å². The second kappa shape index (κ2) is 1.95. The zero-order valence-electron chi connectivity index (χ0n) is 4.98. The monoisotopic (exact) mass is 152 g/mol. The van der Waals surface area contributed by atoms with Crippen LogP contribution in [0.25, 0.3) is 0 Å². The van der Waals surface area contributed by atoms with Crippen LogP contribution in [-0.4, -0.2) is 29.3 Å². The Morgan fingerprint density at radius 3 is 3.30 bits per heavy atom. The molecule has 0 saturated carbocycles. The van der Waals surface area contributed by atoms with Gasteiger partial charge < -0.3 is 5.32 Å². The normalized spacial score (nSPS) is 27.8. The highest BCUT2D eigenvalue weighted by Gasteiger charge is 2.23. The standard InChI is InChI=1S/C5H4N4S/c10-5-4-3(1-8-9-4)6-2-7-5/h1-3H,(H,6,7,10). The highest BCUT2D eigenvalue weighted by Crippen LogP contribution is 2.04. The smallest absolute Gasteiger partial charge is 0.135 e. The largest absolute Gasteiger partial charge is 0.336 e. The van der Waals surface area contributed by atoms with Crippen molar-refractivity contribution in [1.82, 2.24) is 5.32 Å².